The normalized spacial score (nSPS) is 14.3. The van der Waals surface area contributed by atoms with Crippen LogP contribution in [0.2, 0.25) is 0 Å². The number of hydrogen-bond acceptors (Lipinski definition) is 3. The van der Waals surface area contributed by atoms with Crippen molar-refractivity contribution in [2.75, 3.05) is 7.05 Å². The van der Waals surface area contributed by atoms with Gasteiger partial charge >= 0.3 is 0 Å². The second-order valence-corrected chi connectivity index (χ2v) is 5.29. The molecule has 0 aromatic rings. The molecular weight excluding hydrogens is 308 g/mol. The maximum Gasteiger partial charge on any atom is 0.242 e. The Morgan fingerprint density at radius 3 is 2.13 bits per heavy atom. The van der Waals surface area contributed by atoms with Gasteiger partial charge in [0.2, 0.25) is 10.0 Å². The highest BCUT2D eigenvalue weighted by Crippen LogP contribution is 2.19. The van der Waals surface area contributed by atoms with Crippen molar-refractivity contribution in [2.45, 2.75) is 41.0 Å². The van der Waals surface area contributed by atoms with Crippen molar-refractivity contribution in [2.24, 2.45) is 4.99 Å². The highest BCUT2D eigenvalue weighted by atomic mass is 32.2. The summed E-state index contributed by atoms with van der Waals surface area (Å²) in [7, 11) is -2.11. The van der Waals surface area contributed by atoms with Gasteiger partial charge in [0, 0.05) is 12.6 Å². The molecule has 1 heterocycles. The van der Waals surface area contributed by atoms with Gasteiger partial charge in [-0.25, -0.2) is 13.1 Å². The fourth-order valence-electron chi connectivity index (χ4n) is 1.20. The Morgan fingerprint density at radius 2 is 1.78 bits per heavy atom. The van der Waals surface area contributed by atoms with Crippen LogP contribution in [0, 0.1) is 0 Å². The lowest BCUT2D eigenvalue weighted by atomic mass is 10.2. The molecule has 0 bridgehead atoms. The summed E-state index contributed by atoms with van der Waals surface area (Å²) >= 11 is 0. The minimum atomic E-state index is -3.48. The van der Waals surface area contributed by atoms with Gasteiger partial charge in [-0.15, -0.1) is 6.58 Å². The Bertz CT molecular complexity index is 525. The predicted octanol–water partition coefficient (Wildman–Crippen LogP) is 4.76. The first-order chi connectivity index (χ1) is 11.0. The second-order valence-electron chi connectivity index (χ2n) is 3.43. The molecule has 1 aliphatic rings. The fourth-order valence-corrected chi connectivity index (χ4v) is 2.12. The lowest BCUT2D eigenvalue weighted by molar-refractivity contribution is 0.595. The van der Waals surface area contributed by atoms with Gasteiger partial charge in [0.15, 0.2) is 0 Å². The summed E-state index contributed by atoms with van der Waals surface area (Å²) in [6.07, 6.45) is 12.1. The molecule has 4 nitrogen and oxygen atoms in total. The molecule has 1 N–H and O–H groups in total. The first-order valence-electron chi connectivity index (χ1n) is 7.75. The van der Waals surface area contributed by atoms with Crippen LogP contribution < -0.4 is 4.72 Å². The lowest BCUT2D eigenvalue weighted by Gasteiger charge is -2.09. The Balaban J connectivity index is -0.000000496. The van der Waals surface area contributed by atoms with Crippen LogP contribution in [0.25, 0.3) is 0 Å². The third-order valence-corrected chi connectivity index (χ3v) is 3.48. The smallest absolute Gasteiger partial charge is 0.242 e. The van der Waals surface area contributed by atoms with E-state index in [1.807, 2.05) is 40.7 Å². The Hall–Kier alpha value is -1.72. The van der Waals surface area contributed by atoms with E-state index in [0.29, 0.717) is 12.1 Å². The van der Waals surface area contributed by atoms with Gasteiger partial charge in [0.25, 0.3) is 0 Å². The fraction of sp³-hybridized carbons (Fsp3) is 0.389. The van der Waals surface area contributed by atoms with Crippen molar-refractivity contribution in [3.8, 4) is 0 Å². The largest absolute Gasteiger partial charge is 0.260 e. The van der Waals surface area contributed by atoms with E-state index in [2.05, 4.69) is 22.9 Å². The van der Waals surface area contributed by atoms with Crippen molar-refractivity contribution < 1.29 is 8.42 Å². The summed E-state index contributed by atoms with van der Waals surface area (Å²) < 4.78 is 25.8. The Kier molecular flexibility index (Phi) is 20.9. The molecule has 0 amide bonds. The molecule has 5 heteroatoms. The standard InChI is InChI=1S/C11H14N2O2S.C3H6.2C2H6/c1-3-4-8-11(16(14,15)12-2)10-7-5-6-9-13-10;1-3-2;2*1-2/h3-6,8-9,12H,1,7H2,2H3;3H,1H2,2H3;2*1-2H3/b8-4-,11-10-;;;. The molecule has 0 saturated heterocycles. The summed E-state index contributed by atoms with van der Waals surface area (Å²) in [5, 5.41) is 0. The van der Waals surface area contributed by atoms with Gasteiger partial charge < -0.3 is 0 Å². The molecular formula is C18H32N2O2S. The molecule has 0 atom stereocenters. The zero-order valence-electron chi connectivity index (χ0n) is 15.3. The lowest BCUT2D eigenvalue weighted by Crippen LogP contribution is -2.20. The van der Waals surface area contributed by atoms with Crippen molar-refractivity contribution in [1.29, 1.82) is 0 Å². The van der Waals surface area contributed by atoms with E-state index in [0.717, 1.165) is 0 Å². The van der Waals surface area contributed by atoms with Gasteiger partial charge in [0.1, 0.15) is 4.91 Å². The van der Waals surface area contributed by atoms with Crippen molar-refractivity contribution in [3.05, 3.63) is 60.2 Å². The summed E-state index contributed by atoms with van der Waals surface area (Å²) in [5.74, 6) is 0. The molecule has 0 spiro atoms. The molecule has 23 heavy (non-hydrogen) atoms. The average molecular weight is 341 g/mol. The van der Waals surface area contributed by atoms with Crippen molar-refractivity contribution in [1.82, 2.24) is 4.72 Å². The van der Waals surface area contributed by atoms with E-state index in [1.54, 1.807) is 24.4 Å². The van der Waals surface area contributed by atoms with E-state index in [4.69, 9.17) is 0 Å². The summed E-state index contributed by atoms with van der Waals surface area (Å²) in [6, 6.07) is 0. The number of nitrogens with zero attached hydrogens (tertiary/aromatic N) is 1. The van der Waals surface area contributed by atoms with Crippen molar-refractivity contribution in [3.63, 3.8) is 0 Å². The van der Waals surface area contributed by atoms with Gasteiger partial charge in [-0.1, -0.05) is 58.6 Å². The molecule has 1 aliphatic heterocycles. The quantitative estimate of drug-likeness (QED) is 0.592. The number of nitrogens with one attached hydrogen (secondary N) is 1. The zero-order chi connectivity index (χ0) is 18.7. The minimum Gasteiger partial charge on any atom is -0.260 e. The molecule has 0 aromatic carbocycles. The van der Waals surface area contributed by atoms with Crippen LogP contribution >= 0.6 is 0 Å². The van der Waals surface area contributed by atoms with E-state index in [9.17, 15) is 8.42 Å². The van der Waals surface area contributed by atoms with Crippen LogP contribution in [0.1, 0.15) is 41.0 Å². The molecule has 1 rings (SSSR count). The third kappa shape index (κ3) is 12.5. The maximum atomic E-state index is 11.8. The average Bonchev–Trinajstić information content (AvgIpc) is 2.60. The molecule has 0 aromatic heterocycles. The number of rotatable bonds is 4. The number of sulfonamides is 1. The van der Waals surface area contributed by atoms with Crippen LogP contribution in [0.3, 0.4) is 0 Å². The molecule has 0 aliphatic carbocycles. The molecule has 0 fully saturated rings. The highest BCUT2D eigenvalue weighted by Gasteiger charge is 2.17. The first kappa shape index (κ1) is 26.2. The van der Waals surface area contributed by atoms with Crippen LogP contribution in [-0.4, -0.2) is 21.7 Å². The molecule has 0 saturated carbocycles. The van der Waals surface area contributed by atoms with Crippen LogP contribution in [0.15, 0.2) is 65.2 Å². The minimum absolute atomic E-state index is 0.176. The van der Waals surface area contributed by atoms with Gasteiger partial charge in [-0.2, -0.15) is 0 Å². The number of dihydropyridines is 1. The van der Waals surface area contributed by atoms with E-state index in [1.165, 1.54) is 19.2 Å². The SMILES string of the molecule is C=C/C=C\C(=C1/CC=CC=N1)S(=O)(=O)NC.C=CC.CC.CC. The topological polar surface area (TPSA) is 58.5 Å². The number of aliphatic imine (C=N–C) groups is 1. The van der Waals surface area contributed by atoms with E-state index >= 15 is 0 Å². The monoisotopic (exact) mass is 340 g/mol. The highest BCUT2D eigenvalue weighted by molar-refractivity contribution is 7.93. The Morgan fingerprint density at radius 1 is 1.26 bits per heavy atom. The molecule has 0 radical (unpaired) electrons. The van der Waals surface area contributed by atoms with Gasteiger partial charge in [-0.3, -0.25) is 4.99 Å². The third-order valence-electron chi connectivity index (χ3n) is 1.99. The summed E-state index contributed by atoms with van der Waals surface area (Å²) in [4.78, 5) is 4.24. The van der Waals surface area contributed by atoms with Crippen LogP contribution in [-0.2, 0) is 10.0 Å². The first-order valence-corrected chi connectivity index (χ1v) is 9.23. The van der Waals surface area contributed by atoms with Crippen LogP contribution in [0.4, 0.5) is 0 Å². The van der Waals surface area contributed by atoms with Crippen LogP contribution in [0.5, 0.6) is 0 Å². The second kappa shape index (κ2) is 18.3. The molecule has 0 unspecified atom stereocenters. The van der Waals surface area contributed by atoms with E-state index in [-0.39, 0.29) is 4.91 Å². The van der Waals surface area contributed by atoms with Gasteiger partial charge in [-0.05, 0) is 26.1 Å². The maximum absolute atomic E-state index is 11.8. The van der Waals surface area contributed by atoms with E-state index < -0.39 is 10.0 Å². The number of hydrogen-bond donors (Lipinski definition) is 1. The summed E-state index contributed by atoms with van der Waals surface area (Å²) in [5.41, 5.74) is 0.523. The predicted molar refractivity (Wildman–Crippen MR) is 105 cm³/mol. The van der Waals surface area contributed by atoms with Crippen molar-refractivity contribution >= 4 is 16.2 Å². The molecule has 132 valence electrons. The summed E-state index contributed by atoms with van der Waals surface area (Å²) in [6.45, 7) is 16.8. The Labute approximate surface area is 143 Å². The van der Waals surface area contributed by atoms with Gasteiger partial charge in [0.05, 0.1) is 5.70 Å². The zero-order valence-corrected chi connectivity index (χ0v) is 16.2. The number of allylic oxidation sites excluding steroid dienone is 6.